The number of ether oxygens (including phenoxy) is 1. The van der Waals surface area contributed by atoms with Gasteiger partial charge in [-0.25, -0.2) is 4.39 Å². The van der Waals surface area contributed by atoms with Crippen molar-refractivity contribution in [2.24, 2.45) is 0 Å². The second kappa shape index (κ2) is 8.13. The van der Waals surface area contributed by atoms with Crippen molar-refractivity contribution < 1.29 is 9.13 Å². The van der Waals surface area contributed by atoms with Gasteiger partial charge in [-0.1, -0.05) is 41.9 Å². The van der Waals surface area contributed by atoms with Crippen LogP contribution < -0.4 is 5.32 Å². The van der Waals surface area contributed by atoms with Crippen LogP contribution in [-0.2, 0) is 24.4 Å². The van der Waals surface area contributed by atoms with E-state index in [4.69, 9.17) is 16.3 Å². The van der Waals surface area contributed by atoms with Gasteiger partial charge in [-0.2, -0.15) is 0 Å². The van der Waals surface area contributed by atoms with Crippen LogP contribution in [-0.4, -0.2) is 6.61 Å². The highest BCUT2D eigenvalue weighted by atomic mass is 35.5. The lowest BCUT2D eigenvalue weighted by molar-refractivity contribution is 0.133. The second-order valence-electron chi connectivity index (χ2n) is 4.71. The molecule has 0 amide bonds. The minimum absolute atomic E-state index is 0.280. The summed E-state index contributed by atoms with van der Waals surface area (Å²) in [4.78, 5) is 0. The lowest BCUT2D eigenvalue weighted by atomic mass is 10.1. The Hall–Kier alpha value is -1.42. The first-order valence-corrected chi connectivity index (χ1v) is 7.38. The summed E-state index contributed by atoms with van der Waals surface area (Å²) in [7, 11) is 0. The van der Waals surface area contributed by atoms with Gasteiger partial charge in [0.05, 0.1) is 6.61 Å². The summed E-state index contributed by atoms with van der Waals surface area (Å²) in [5.41, 5.74) is 2.80. The van der Waals surface area contributed by atoms with Gasteiger partial charge in [0.25, 0.3) is 0 Å². The quantitative estimate of drug-likeness (QED) is 0.823. The Balaban J connectivity index is 1.97. The van der Waals surface area contributed by atoms with Gasteiger partial charge in [-0.15, -0.1) is 0 Å². The van der Waals surface area contributed by atoms with Crippen molar-refractivity contribution in [3.63, 3.8) is 0 Å². The standard InChI is InChI=1S/C17H19ClFNO/c1-2-21-12-14-7-4-3-6-13(14)10-20-11-15-16(18)8-5-9-17(15)19/h3-9,20H,2,10-12H2,1H3. The minimum atomic E-state index is -0.280. The van der Waals surface area contributed by atoms with Crippen LogP contribution >= 0.6 is 11.6 Å². The van der Waals surface area contributed by atoms with E-state index in [0.717, 1.165) is 11.1 Å². The Labute approximate surface area is 129 Å². The molecule has 112 valence electrons. The monoisotopic (exact) mass is 307 g/mol. The zero-order valence-corrected chi connectivity index (χ0v) is 12.8. The highest BCUT2D eigenvalue weighted by Gasteiger charge is 2.07. The molecule has 0 aromatic heterocycles. The van der Waals surface area contributed by atoms with E-state index in [1.54, 1.807) is 12.1 Å². The maximum Gasteiger partial charge on any atom is 0.129 e. The third-order valence-corrected chi connectivity index (χ3v) is 3.61. The normalized spacial score (nSPS) is 10.8. The molecule has 21 heavy (non-hydrogen) atoms. The molecule has 2 rings (SSSR count). The van der Waals surface area contributed by atoms with Crippen molar-refractivity contribution in [3.05, 3.63) is 70.0 Å². The molecule has 0 aliphatic rings. The van der Waals surface area contributed by atoms with E-state index in [0.29, 0.717) is 36.9 Å². The number of hydrogen-bond acceptors (Lipinski definition) is 2. The largest absolute Gasteiger partial charge is 0.377 e. The van der Waals surface area contributed by atoms with E-state index in [9.17, 15) is 4.39 Å². The van der Waals surface area contributed by atoms with E-state index in [-0.39, 0.29) is 5.82 Å². The molecule has 0 fully saturated rings. The molecule has 0 spiro atoms. The molecule has 2 nitrogen and oxygen atoms in total. The van der Waals surface area contributed by atoms with Gasteiger partial charge in [-0.05, 0) is 30.2 Å². The summed E-state index contributed by atoms with van der Waals surface area (Å²) in [5.74, 6) is -0.280. The van der Waals surface area contributed by atoms with Gasteiger partial charge in [-0.3, -0.25) is 0 Å². The van der Waals surface area contributed by atoms with Crippen LogP contribution in [0.2, 0.25) is 5.02 Å². The van der Waals surface area contributed by atoms with E-state index < -0.39 is 0 Å². The van der Waals surface area contributed by atoms with Crippen LogP contribution in [0.4, 0.5) is 4.39 Å². The predicted molar refractivity (Wildman–Crippen MR) is 83.7 cm³/mol. The van der Waals surface area contributed by atoms with Crippen molar-refractivity contribution in [2.45, 2.75) is 26.6 Å². The number of benzene rings is 2. The maximum atomic E-state index is 13.7. The SMILES string of the molecule is CCOCc1ccccc1CNCc1c(F)cccc1Cl. The van der Waals surface area contributed by atoms with Crippen LogP contribution in [0.15, 0.2) is 42.5 Å². The summed E-state index contributed by atoms with van der Waals surface area (Å²) in [6.07, 6.45) is 0. The van der Waals surface area contributed by atoms with E-state index in [1.807, 2.05) is 31.2 Å². The van der Waals surface area contributed by atoms with Crippen LogP contribution in [0, 0.1) is 5.82 Å². The van der Waals surface area contributed by atoms with Crippen LogP contribution in [0.1, 0.15) is 23.6 Å². The van der Waals surface area contributed by atoms with Crippen LogP contribution in [0.5, 0.6) is 0 Å². The molecular formula is C17H19ClFNO. The molecule has 0 radical (unpaired) electrons. The molecule has 2 aromatic rings. The van der Waals surface area contributed by atoms with Gasteiger partial charge in [0.15, 0.2) is 0 Å². The first-order valence-electron chi connectivity index (χ1n) is 7.00. The smallest absolute Gasteiger partial charge is 0.129 e. The van der Waals surface area contributed by atoms with Crippen molar-refractivity contribution in [2.75, 3.05) is 6.61 Å². The Morgan fingerprint density at radius 1 is 1.05 bits per heavy atom. The molecule has 2 aromatic carbocycles. The Kier molecular flexibility index (Phi) is 6.18. The third kappa shape index (κ3) is 4.53. The van der Waals surface area contributed by atoms with Gasteiger partial charge in [0.1, 0.15) is 5.82 Å². The van der Waals surface area contributed by atoms with Crippen molar-refractivity contribution in [1.29, 1.82) is 0 Å². The van der Waals surface area contributed by atoms with Gasteiger partial charge >= 0.3 is 0 Å². The molecule has 0 saturated carbocycles. The summed E-state index contributed by atoms with van der Waals surface area (Å²) in [6.45, 7) is 4.30. The molecule has 1 N–H and O–H groups in total. The molecule has 0 atom stereocenters. The molecule has 0 aliphatic heterocycles. The maximum absolute atomic E-state index is 13.7. The first-order chi connectivity index (χ1) is 10.2. The molecule has 0 unspecified atom stereocenters. The zero-order valence-electron chi connectivity index (χ0n) is 12.0. The van der Waals surface area contributed by atoms with Crippen molar-refractivity contribution in [1.82, 2.24) is 5.32 Å². The van der Waals surface area contributed by atoms with Crippen molar-refractivity contribution in [3.8, 4) is 0 Å². The highest BCUT2D eigenvalue weighted by molar-refractivity contribution is 6.31. The zero-order chi connectivity index (χ0) is 15.1. The minimum Gasteiger partial charge on any atom is -0.377 e. The van der Waals surface area contributed by atoms with E-state index >= 15 is 0 Å². The highest BCUT2D eigenvalue weighted by Crippen LogP contribution is 2.19. The first kappa shape index (κ1) is 16.0. The fraction of sp³-hybridized carbons (Fsp3) is 0.294. The third-order valence-electron chi connectivity index (χ3n) is 3.26. The molecular weight excluding hydrogens is 289 g/mol. The molecule has 0 bridgehead atoms. The average Bonchev–Trinajstić information content (AvgIpc) is 2.49. The van der Waals surface area contributed by atoms with Gasteiger partial charge in [0.2, 0.25) is 0 Å². The summed E-state index contributed by atoms with van der Waals surface area (Å²) >= 11 is 6.01. The topological polar surface area (TPSA) is 21.3 Å². The molecule has 4 heteroatoms. The Morgan fingerprint density at radius 3 is 2.52 bits per heavy atom. The van der Waals surface area contributed by atoms with Gasteiger partial charge in [0, 0.05) is 30.3 Å². The number of hydrogen-bond donors (Lipinski definition) is 1. The second-order valence-corrected chi connectivity index (χ2v) is 5.12. The molecule has 0 aliphatic carbocycles. The fourth-order valence-corrected chi connectivity index (χ4v) is 2.34. The molecule has 0 heterocycles. The predicted octanol–water partition coefficient (Wildman–Crippen LogP) is 4.31. The van der Waals surface area contributed by atoms with E-state index in [1.165, 1.54) is 6.07 Å². The summed E-state index contributed by atoms with van der Waals surface area (Å²) < 4.78 is 19.1. The van der Waals surface area contributed by atoms with E-state index in [2.05, 4.69) is 5.32 Å². The number of halogens is 2. The average molecular weight is 308 g/mol. The lowest BCUT2D eigenvalue weighted by Crippen LogP contribution is -2.15. The summed E-state index contributed by atoms with van der Waals surface area (Å²) in [6, 6.07) is 12.8. The molecule has 0 saturated heterocycles. The number of rotatable bonds is 7. The Morgan fingerprint density at radius 2 is 1.81 bits per heavy atom. The number of nitrogens with one attached hydrogen (secondary N) is 1. The Bertz CT molecular complexity index is 569. The van der Waals surface area contributed by atoms with Crippen LogP contribution in [0.3, 0.4) is 0 Å². The lowest BCUT2D eigenvalue weighted by Gasteiger charge is -2.11. The van der Waals surface area contributed by atoms with Crippen LogP contribution in [0.25, 0.3) is 0 Å². The fourth-order valence-electron chi connectivity index (χ4n) is 2.11. The van der Waals surface area contributed by atoms with Gasteiger partial charge < -0.3 is 10.1 Å². The summed E-state index contributed by atoms with van der Waals surface area (Å²) in [5, 5.41) is 3.69. The van der Waals surface area contributed by atoms with Crippen molar-refractivity contribution >= 4 is 11.6 Å².